The number of anilines is 1. The molecule has 1 aliphatic carbocycles. The van der Waals surface area contributed by atoms with E-state index >= 15 is 0 Å². The van der Waals surface area contributed by atoms with Crippen LogP contribution in [0.15, 0.2) is 78.9 Å². The first-order valence-electron chi connectivity index (χ1n) is 12.4. The van der Waals surface area contributed by atoms with Crippen LogP contribution in [0.4, 0.5) is 5.69 Å². The monoisotopic (exact) mass is 491 g/mol. The minimum absolute atomic E-state index is 0.0216. The lowest BCUT2D eigenvalue weighted by Crippen LogP contribution is -2.31. The molecule has 0 radical (unpaired) electrons. The zero-order valence-corrected chi connectivity index (χ0v) is 20.5. The van der Waals surface area contributed by atoms with E-state index in [0.29, 0.717) is 5.75 Å². The van der Waals surface area contributed by atoms with E-state index in [1.165, 1.54) is 11.1 Å². The number of rotatable bonds is 5. The zero-order chi connectivity index (χ0) is 25.7. The average molecular weight is 492 g/mol. The summed E-state index contributed by atoms with van der Waals surface area (Å²) >= 11 is 0. The van der Waals surface area contributed by atoms with Gasteiger partial charge in [-0.2, -0.15) is 0 Å². The number of nitrogen functional groups attached to an aromatic ring is 1. The molecule has 0 amide bonds. The number of hydrogen-bond donors (Lipinski definition) is 5. The van der Waals surface area contributed by atoms with Gasteiger partial charge in [-0.15, -0.1) is 0 Å². The lowest BCUT2D eigenvalue weighted by molar-refractivity contribution is 0.282. The third-order valence-corrected chi connectivity index (χ3v) is 7.84. The van der Waals surface area contributed by atoms with Crippen molar-refractivity contribution in [3.8, 4) is 22.6 Å². The van der Waals surface area contributed by atoms with Gasteiger partial charge in [-0.3, -0.25) is 5.41 Å². The molecule has 0 aromatic heterocycles. The van der Waals surface area contributed by atoms with Crippen molar-refractivity contribution in [2.24, 2.45) is 11.7 Å². The molecule has 1 heterocycles. The SMILES string of the molecule is COc1cc(C2Nc3ccc(C(=N)N)cc3C3c4ccccc4CC23)c(-c2ccc(CO)cc2)cc1O. The van der Waals surface area contributed by atoms with Gasteiger partial charge in [0.2, 0.25) is 0 Å². The highest BCUT2D eigenvalue weighted by Crippen LogP contribution is 2.55. The molecule has 2 aliphatic rings. The first-order valence-corrected chi connectivity index (χ1v) is 12.4. The summed E-state index contributed by atoms with van der Waals surface area (Å²) < 4.78 is 5.54. The van der Waals surface area contributed by atoms with Gasteiger partial charge in [0.15, 0.2) is 11.5 Å². The topological polar surface area (TPSA) is 112 Å². The Bertz CT molecular complexity index is 1510. The maximum absolute atomic E-state index is 10.7. The minimum Gasteiger partial charge on any atom is -0.504 e. The number of amidine groups is 1. The molecule has 1 aliphatic heterocycles. The van der Waals surface area contributed by atoms with E-state index in [1.54, 1.807) is 13.2 Å². The predicted molar refractivity (Wildman–Crippen MR) is 145 cm³/mol. The van der Waals surface area contributed by atoms with Crippen molar-refractivity contribution in [3.05, 3.63) is 112 Å². The summed E-state index contributed by atoms with van der Waals surface area (Å²) in [5.74, 6) is 0.918. The summed E-state index contributed by atoms with van der Waals surface area (Å²) in [5, 5.41) is 32.0. The highest BCUT2D eigenvalue weighted by Gasteiger charge is 2.44. The Balaban J connectivity index is 1.55. The van der Waals surface area contributed by atoms with E-state index in [1.807, 2.05) is 48.5 Å². The van der Waals surface area contributed by atoms with Gasteiger partial charge in [0.05, 0.1) is 19.8 Å². The number of fused-ring (bicyclic) bond motifs is 5. The molecule has 0 saturated carbocycles. The van der Waals surface area contributed by atoms with E-state index in [4.69, 9.17) is 15.9 Å². The highest BCUT2D eigenvalue weighted by molar-refractivity contribution is 5.96. The molecular formula is C31H29N3O3. The summed E-state index contributed by atoms with van der Waals surface area (Å²) in [6.07, 6.45) is 0.897. The van der Waals surface area contributed by atoms with Crippen LogP contribution in [0.2, 0.25) is 0 Å². The molecule has 6 N–H and O–H groups in total. The number of nitrogens with two attached hydrogens (primary N) is 1. The lowest BCUT2D eigenvalue weighted by Gasteiger charge is -2.39. The maximum atomic E-state index is 10.7. The summed E-state index contributed by atoms with van der Waals surface area (Å²) in [7, 11) is 1.57. The fourth-order valence-corrected chi connectivity index (χ4v) is 6.08. The summed E-state index contributed by atoms with van der Waals surface area (Å²) in [6, 6.07) is 26.0. The van der Waals surface area contributed by atoms with Crippen molar-refractivity contribution in [3.63, 3.8) is 0 Å². The molecule has 0 fully saturated rings. The van der Waals surface area contributed by atoms with Gasteiger partial charge < -0.3 is 26.0 Å². The van der Waals surface area contributed by atoms with Crippen molar-refractivity contribution in [1.29, 1.82) is 5.41 Å². The molecule has 6 heteroatoms. The van der Waals surface area contributed by atoms with Crippen molar-refractivity contribution >= 4 is 11.5 Å². The third kappa shape index (κ3) is 3.81. The minimum atomic E-state index is -0.0601. The van der Waals surface area contributed by atoms with E-state index < -0.39 is 0 Å². The van der Waals surface area contributed by atoms with Crippen LogP contribution in [-0.4, -0.2) is 23.2 Å². The number of aliphatic hydroxyl groups is 1. The van der Waals surface area contributed by atoms with Gasteiger partial charge >= 0.3 is 0 Å². The average Bonchev–Trinajstić information content (AvgIpc) is 3.32. The molecule has 37 heavy (non-hydrogen) atoms. The molecular weight excluding hydrogens is 462 g/mol. The summed E-state index contributed by atoms with van der Waals surface area (Å²) in [6.45, 7) is -0.0216. The number of nitrogens with one attached hydrogen (secondary N) is 2. The largest absolute Gasteiger partial charge is 0.504 e. The predicted octanol–water partition coefficient (Wildman–Crippen LogP) is 5.32. The Morgan fingerprint density at radius 1 is 1.00 bits per heavy atom. The van der Waals surface area contributed by atoms with Crippen LogP contribution >= 0.6 is 0 Å². The quantitative estimate of drug-likeness (QED) is 0.192. The molecule has 3 atom stereocenters. The molecule has 6 rings (SSSR count). The second-order valence-electron chi connectivity index (χ2n) is 9.85. The normalized spacial score (nSPS) is 19.4. The molecule has 4 aromatic carbocycles. The number of ether oxygens (including phenoxy) is 1. The van der Waals surface area contributed by atoms with Crippen molar-refractivity contribution in [1.82, 2.24) is 0 Å². The van der Waals surface area contributed by atoms with E-state index in [9.17, 15) is 10.2 Å². The van der Waals surface area contributed by atoms with Gasteiger partial charge in [0.25, 0.3) is 0 Å². The van der Waals surface area contributed by atoms with Gasteiger partial charge in [0.1, 0.15) is 5.84 Å². The van der Waals surface area contributed by atoms with Crippen LogP contribution in [0.5, 0.6) is 11.5 Å². The number of phenols is 1. The molecule has 0 saturated heterocycles. The van der Waals surface area contributed by atoms with Gasteiger partial charge in [0, 0.05) is 17.2 Å². The number of aliphatic hydroxyl groups excluding tert-OH is 1. The Labute approximate surface area is 215 Å². The van der Waals surface area contributed by atoms with Crippen LogP contribution in [0, 0.1) is 11.3 Å². The fraction of sp³-hybridized carbons (Fsp3) is 0.194. The smallest absolute Gasteiger partial charge is 0.160 e. The van der Waals surface area contributed by atoms with Crippen molar-refractivity contribution in [2.75, 3.05) is 12.4 Å². The van der Waals surface area contributed by atoms with Crippen molar-refractivity contribution < 1.29 is 14.9 Å². The van der Waals surface area contributed by atoms with E-state index in [0.717, 1.165) is 45.5 Å². The Morgan fingerprint density at radius 3 is 2.51 bits per heavy atom. The second-order valence-corrected chi connectivity index (χ2v) is 9.85. The summed E-state index contributed by atoms with van der Waals surface area (Å²) in [4.78, 5) is 0. The van der Waals surface area contributed by atoms with Gasteiger partial charge in [-0.05, 0) is 81.6 Å². The summed E-state index contributed by atoms with van der Waals surface area (Å²) in [5.41, 5.74) is 15.1. The zero-order valence-electron chi connectivity index (χ0n) is 20.5. The Hall–Kier alpha value is -4.29. The molecule has 0 spiro atoms. The van der Waals surface area contributed by atoms with Crippen LogP contribution < -0.4 is 15.8 Å². The molecule has 186 valence electrons. The molecule has 6 nitrogen and oxygen atoms in total. The Kier molecular flexibility index (Phi) is 5.61. The Morgan fingerprint density at radius 2 is 1.78 bits per heavy atom. The van der Waals surface area contributed by atoms with Crippen LogP contribution in [0.25, 0.3) is 11.1 Å². The highest BCUT2D eigenvalue weighted by atomic mass is 16.5. The third-order valence-electron chi connectivity index (χ3n) is 7.84. The van der Waals surface area contributed by atoms with Gasteiger partial charge in [-0.1, -0.05) is 48.5 Å². The van der Waals surface area contributed by atoms with Gasteiger partial charge in [-0.25, -0.2) is 0 Å². The number of hydrogen-bond acceptors (Lipinski definition) is 5. The number of benzene rings is 4. The van der Waals surface area contributed by atoms with Crippen molar-refractivity contribution in [2.45, 2.75) is 25.0 Å². The fourth-order valence-electron chi connectivity index (χ4n) is 6.08. The van der Waals surface area contributed by atoms with E-state index in [2.05, 4.69) is 29.6 Å². The van der Waals surface area contributed by atoms with Crippen LogP contribution in [-0.2, 0) is 13.0 Å². The second kappa shape index (κ2) is 8.98. The molecule has 3 unspecified atom stereocenters. The number of aromatic hydroxyl groups is 1. The number of phenolic OH excluding ortho intramolecular Hbond substituents is 1. The maximum Gasteiger partial charge on any atom is 0.160 e. The van der Waals surface area contributed by atoms with Crippen LogP contribution in [0.1, 0.15) is 45.3 Å². The molecule has 0 bridgehead atoms. The molecule has 4 aromatic rings. The van der Waals surface area contributed by atoms with E-state index in [-0.39, 0.29) is 36.1 Å². The first kappa shape index (κ1) is 23.1. The number of methoxy groups -OCH3 is 1. The lowest BCUT2D eigenvalue weighted by atomic mass is 9.74. The van der Waals surface area contributed by atoms with Crippen LogP contribution in [0.3, 0.4) is 0 Å². The standard InChI is InChI=1S/C31H29N3O3/c1-37-28-15-23(22(14-27(28)36)18-8-6-17(16-35)7-9-18)30-25-12-19-4-2-3-5-21(19)29(25)24-13-20(31(32)33)10-11-26(24)34-30/h2-11,13-15,25,29-30,34-36H,12,16H2,1H3,(H3,32,33). The first-order chi connectivity index (χ1) is 18.0.